The molecular formula is C10H12F3NO3S. The SMILES string of the molecule is [C-]#[N+]C1(CC)CC=C(OS(=O)(=O)C(F)(F)F)CC1. The Balaban J connectivity index is 2.81. The van der Waals surface area contributed by atoms with Gasteiger partial charge in [0.2, 0.25) is 5.54 Å². The van der Waals surface area contributed by atoms with Gasteiger partial charge >= 0.3 is 15.6 Å². The lowest BCUT2D eigenvalue weighted by molar-refractivity contribution is -0.0524. The van der Waals surface area contributed by atoms with Crippen molar-refractivity contribution in [2.24, 2.45) is 0 Å². The maximum Gasteiger partial charge on any atom is 0.534 e. The Morgan fingerprint density at radius 1 is 1.56 bits per heavy atom. The molecule has 0 N–H and O–H groups in total. The molecule has 0 saturated carbocycles. The van der Waals surface area contributed by atoms with Gasteiger partial charge in [0.25, 0.3) is 0 Å². The number of rotatable bonds is 3. The minimum atomic E-state index is -5.59. The fraction of sp³-hybridized carbons (Fsp3) is 0.700. The van der Waals surface area contributed by atoms with Gasteiger partial charge in [0.15, 0.2) is 0 Å². The molecule has 1 atom stereocenters. The third kappa shape index (κ3) is 2.96. The first-order valence-corrected chi connectivity index (χ1v) is 6.65. The zero-order valence-electron chi connectivity index (χ0n) is 9.62. The number of nitrogens with zero attached hydrogens (tertiary/aromatic N) is 1. The second kappa shape index (κ2) is 4.80. The predicted octanol–water partition coefficient (Wildman–Crippen LogP) is 2.99. The van der Waals surface area contributed by atoms with Gasteiger partial charge in [-0.1, -0.05) is 6.92 Å². The van der Waals surface area contributed by atoms with Crippen LogP contribution < -0.4 is 0 Å². The summed E-state index contributed by atoms with van der Waals surface area (Å²) in [5.41, 5.74) is -6.07. The van der Waals surface area contributed by atoms with Crippen molar-refractivity contribution in [3.8, 4) is 0 Å². The molecule has 0 aromatic rings. The van der Waals surface area contributed by atoms with Crippen LogP contribution in [0.4, 0.5) is 13.2 Å². The molecule has 0 saturated heterocycles. The van der Waals surface area contributed by atoms with E-state index in [0.717, 1.165) is 0 Å². The van der Waals surface area contributed by atoms with Gasteiger partial charge in [0, 0.05) is 25.7 Å². The van der Waals surface area contributed by atoms with Gasteiger partial charge in [-0.3, -0.25) is 0 Å². The Hall–Kier alpha value is -1.23. The molecule has 0 radical (unpaired) electrons. The van der Waals surface area contributed by atoms with Gasteiger partial charge in [-0.2, -0.15) is 21.6 Å². The predicted molar refractivity (Wildman–Crippen MR) is 57.6 cm³/mol. The highest BCUT2D eigenvalue weighted by atomic mass is 32.2. The minimum absolute atomic E-state index is 0.0194. The van der Waals surface area contributed by atoms with Crippen LogP contribution in [0.2, 0.25) is 0 Å². The molecule has 1 aliphatic carbocycles. The quantitative estimate of drug-likeness (QED) is 0.454. The van der Waals surface area contributed by atoms with Crippen LogP contribution in [0.5, 0.6) is 0 Å². The van der Waals surface area contributed by atoms with Crippen molar-refractivity contribution in [1.82, 2.24) is 0 Å². The number of halogens is 3. The standard InChI is InChI=1S/C10H12F3NO3S/c1-3-9(14-2)6-4-8(5-7-9)17-18(15,16)10(11,12)13/h4H,3,5-7H2,1H3. The van der Waals surface area contributed by atoms with E-state index in [4.69, 9.17) is 6.57 Å². The summed E-state index contributed by atoms with van der Waals surface area (Å²) in [5, 5.41) is 0. The van der Waals surface area contributed by atoms with E-state index in [9.17, 15) is 21.6 Å². The van der Waals surface area contributed by atoms with Crippen LogP contribution in [0.15, 0.2) is 11.8 Å². The zero-order valence-corrected chi connectivity index (χ0v) is 10.4. The van der Waals surface area contributed by atoms with Gasteiger partial charge in [-0.05, 0) is 6.08 Å². The Morgan fingerprint density at radius 3 is 2.50 bits per heavy atom. The molecule has 4 nitrogen and oxygen atoms in total. The maximum absolute atomic E-state index is 12.1. The molecule has 0 aromatic carbocycles. The minimum Gasteiger partial charge on any atom is -0.381 e. The van der Waals surface area contributed by atoms with Crippen LogP contribution in [0.25, 0.3) is 4.85 Å². The van der Waals surface area contributed by atoms with Crippen molar-refractivity contribution in [2.75, 3.05) is 0 Å². The Morgan fingerprint density at radius 2 is 2.17 bits per heavy atom. The molecule has 0 aromatic heterocycles. The van der Waals surface area contributed by atoms with Crippen molar-refractivity contribution in [3.05, 3.63) is 23.3 Å². The molecule has 0 amide bonds. The number of allylic oxidation sites excluding steroid dienone is 1. The van der Waals surface area contributed by atoms with Crippen molar-refractivity contribution >= 4 is 10.1 Å². The van der Waals surface area contributed by atoms with E-state index < -0.39 is 21.2 Å². The molecule has 0 fully saturated rings. The van der Waals surface area contributed by atoms with Gasteiger partial charge in [-0.15, -0.1) is 0 Å². The number of hydrogen-bond acceptors (Lipinski definition) is 3. The fourth-order valence-electron chi connectivity index (χ4n) is 1.63. The fourth-order valence-corrected chi connectivity index (χ4v) is 2.16. The third-order valence-corrected chi connectivity index (χ3v) is 3.94. The highest BCUT2D eigenvalue weighted by Gasteiger charge is 2.49. The summed E-state index contributed by atoms with van der Waals surface area (Å²) in [7, 11) is -5.59. The summed E-state index contributed by atoms with van der Waals surface area (Å²) < 4.78 is 61.8. The Kier molecular flexibility index (Phi) is 3.96. The topological polar surface area (TPSA) is 47.7 Å². The lowest BCUT2D eigenvalue weighted by Crippen LogP contribution is -2.29. The molecule has 0 bridgehead atoms. The molecule has 1 aliphatic rings. The normalized spacial score (nSPS) is 25.2. The highest BCUT2D eigenvalue weighted by molar-refractivity contribution is 7.87. The number of hydrogen-bond donors (Lipinski definition) is 0. The van der Waals surface area contributed by atoms with Crippen LogP contribution in [0, 0.1) is 6.57 Å². The highest BCUT2D eigenvalue weighted by Crippen LogP contribution is 2.36. The van der Waals surface area contributed by atoms with Gasteiger partial charge in [-0.25, -0.2) is 6.57 Å². The summed E-state index contributed by atoms with van der Waals surface area (Å²) in [6.07, 6.45) is 2.34. The molecule has 0 aliphatic heterocycles. The molecule has 102 valence electrons. The Bertz CT molecular complexity index is 489. The number of alkyl halides is 3. The van der Waals surface area contributed by atoms with Crippen molar-refractivity contribution in [2.45, 2.75) is 43.7 Å². The van der Waals surface area contributed by atoms with Gasteiger partial charge in [0.1, 0.15) is 5.76 Å². The van der Waals surface area contributed by atoms with Crippen molar-refractivity contribution in [3.63, 3.8) is 0 Å². The van der Waals surface area contributed by atoms with E-state index in [0.29, 0.717) is 12.8 Å². The van der Waals surface area contributed by atoms with Crippen LogP contribution in [-0.2, 0) is 14.3 Å². The third-order valence-electron chi connectivity index (χ3n) is 2.94. The lowest BCUT2D eigenvalue weighted by Gasteiger charge is -2.24. The Labute approximate surface area is 103 Å². The molecule has 8 heteroatoms. The summed E-state index contributed by atoms with van der Waals surface area (Å²) in [6, 6.07) is 0. The van der Waals surface area contributed by atoms with Crippen LogP contribution in [0.1, 0.15) is 32.6 Å². The monoisotopic (exact) mass is 283 g/mol. The van der Waals surface area contributed by atoms with Crippen molar-refractivity contribution < 1.29 is 25.8 Å². The van der Waals surface area contributed by atoms with Crippen molar-refractivity contribution in [1.29, 1.82) is 0 Å². The summed E-state index contributed by atoms with van der Waals surface area (Å²) >= 11 is 0. The second-order valence-electron chi connectivity index (χ2n) is 4.05. The average Bonchev–Trinajstić information content (AvgIpc) is 2.29. The van der Waals surface area contributed by atoms with Crippen LogP contribution >= 0.6 is 0 Å². The average molecular weight is 283 g/mol. The first-order valence-electron chi connectivity index (χ1n) is 5.24. The van der Waals surface area contributed by atoms with E-state index in [2.05, 4.69) is 9.03 Å². The first kappa shape index (κ1) is 14.8. The smallest absolute Gasteiger partial charge is 0.381 e. The summed E-state index contributed by atoms with van der Waals surface area (Å²) in [6.45, 7) is 8.86. The molecule has 0 heterocycles. The van der Waals surface area contributed by atoms with E-state index >= 15 is 0 Å². The molecule has 1 unspecified atom stereocenters. The second-order valence-corrected chi connectivity index (χ2v) is 5.59. The lowest BCUT2D eigenvalue weighted by atomic mass is 9.83. The zero-order chi connectivity index (χ0) is 14.0. The van der Waals surface area contributed by atoms with E-state index in [1.807, 2.05) is 6.92 Å². The summed E-state index contributed by atoms with van der Waals surface area (Å²) in [4.78, 5) is 3.46. The van der Waals surface area contributed by atoms with Crippen LogP contribution in [-0.4, -0.2) is 19.5 Å². The van der Waals surface area contributed by atoms with Crippen LogP contribution in [0.3, 0.4) is 0 Å². The first-order chi connectivity index (χ1) is 8.16. The van der Waals surface area contributed by atoms with E-state index in [-0.39, 0.29) is 18.6 Å². The van der Waals surface area contributed by atoms with E-state index in [1.54, 1.807) is 0 Å². The van der Waals surface area contributed by atoms with Gasteiger partial charge in [0.05, 0.1) is 0 Å². The summed E-state index contributed by atoms with van der Waals surface area (Å²) in [5.74, 6) is -0.236. The van der Waals surface area contributed by atoms with Gasteiger partial charge < -0.3 is 9.03 Å². The molecule has 0 spiro atoms. The maximum atomic E-state index is 12.1. The molecule has 1 rings (SSSR count). The molecule has 18 heavy (non-hydrogen) atoms. The molecular weight excluding hydrogens is 271 g/mol. The largest absolute Gasteiger partial charge is 0.534 e. The van der Waals surface area contributed by atoms with E-state index in [1.165, 1.54) is 6.08 Å².